The molecule has 0 saturated carbocycles. The van der Waals surface area contributed by atoms with E-state index in [2.05, 4.69) is 26.8 Å². The fourth-order valence-corrected chi connectivity index (χ4v) is 4.02. The lowest BCUT2D eigenvalue weighted by Crippen LogP contribution is -2.31. The Kier molecular flexibility index (Phi) is 3.77. The molecule has 2 bridgehead atoms. The second-order valence-corrected chi connectivity index (χ2v) is 7.19. The van der Waals surface area contributed by atoms with E-state index in [0.29, 0.717) is 4.90 Å². The van der Waals surface area contributed by atoms with E-state index >= 15 is 0 Å². The lowest BCUT2D eigenvalue weighted by Gasteiger charge is -2.33. The minimum absolute atomic E-state index is 0.0445. The topological polar surface area (TPSA) is 41.4 Å². The zero-order valence-electron chi connectivity index (χ0n) is 14.1. The number of rotatable bonds is 3. The summed E-state index contributed by atoms with van der Waals surface area (Å²) in [6, 6.07) is 7.70. The van der Waals surface area contributed by atoms with Gasteiger partial charge < -0.3 is 9.21 Å². The van der Waals surface area contributed by atoms with Crippen molar-refractivity contribution in [2.45, 2.75) is 4.90 Å². The molecule has 1 aromatic heterocycles. The lowest BCUT2D eigenvalue weighted by molar-refractivity contribution is 0.516. The molecule has 0 aliphatic carbocycles. The van der Waals surface area contributed by atoms with Crippen molar-refractivity contribution >= 4 is 23.6 Å². The van der Waals surface area contributed by atoms with Crippen LogP contribution in [-0.2, 0) is 0 Å². The summed E-state index contributed by atoms with van der Waals surface area (Å²) in [5.41, 5.74) is 4.75. The quantitative estimate of drug-likeness (QED) is 0.796. The molecule has 5 nitrogen and oxygen atoms in total. The van der Waals surface area contributed by atoms with E-state index in [9.17, 15) is 4.79 Å². The number of hydrogen-bond donors (Lipinski definition) is 0. The molecule has 3 heterocycles. The molecule has 126 valence electrons. The summed E-state index contributed by atoms with van der Waals surface area (Å²) in [6.07, 6.45) is 7.49. The normalized spacial score (nSPS) is 15.2. The Morgan fingerprint density at radius 1 is 1.28 bits per heavy atom. The SMILES string of the molecule is C=Cc1ccc(-n2cnc3c(c2=O)SN2C=CC(N(C)C)=C3C2)cc1. The zero-order valence-corrected chi connectivity index (χ0v) is 15.0. The van der Waals surface area contributed by atoms with Crippen molar-refractivity contribution in [1.82, 2.24) is 18.8 Å². The Balaban J connectivity index is 1.86. The third kappa shape index (κ3) is 2.59. The minimum atomic E-state index is -0.0445. The average molecular weight is 350 g/mol. The van der Waals surface area contributed by atoms with Crippen LogP contribution in [0.25, 0.3) is 17.3 Å². The number of fused-ring (bicyclic) bond motifs is 4. The van der Waals surface area contributed by atoms with Gasteiger partial charge in [-0.25, -0.2) is 4.98 Å². The molecule has 0 saturated heterocycles. The molecule has 0 N–H and O–H groups in total. The fraction of sp³-hybridized carbons (Fsp3) is 0.158. The van der Waals surface area contributed by atoms with Crippen LogP contribution in [0.5, 0.6) is 0 Å². The van der Waals surface area contributed by atoms with Gasteiger partial charge in [0, 0.05) is 31.6 Å². The van der Waals surface area contributed by atoms with Gasteiger partial charge in [0.2, 0.25) is 0 Å². The van der Waals surface area contributed by atoms with Crippen molar-refractivity contribution in [3.8, 4) is 5.69 Å². The van der Waals surface area contributed by atoms with E-state index in [4.69, 9.17) is 0 Å². The molecule has 0 fully saturated rings. The van der Waals surface area contributed by atoms with Crippen LogP contribution in [0.2, 0.25) is 0 Å². The molecular formula is C19H18N4OS. The first-order valence-electron chi connectivity index (χ1n) is 7.96. The second kappa shape index (κ2) is 5.97. The van der Waals surface area contributed by atoms with Gasteiger partial charge in [-0.1, -0.05) is 24.8 Å². The van der Waals surface area contributed by atoms with Gasteiger partial charge in [0.05, 0.1) is 17.9 Å². The maximum Gasteiger partial charge on any atom is 0.274 e. The molecule has 2 aromatic rings. The monoisotopic (exact) mass is 350 g/mol. The van der Waals surface area contributed by atoms with Crippen LogP contribution >= 0.6 is 11.9 Å². The highest BCUT2D eigenvalue weighted by Crippen LogP contribution is 2.39. The Hall–Kier alpha value is -2.73. The third-order valence-electron chi connectivity index (χ3n) is 4.34. The number of allylic oxidation sites excluding steroid dienone is 1. The molecule has 2 aliphatic heterocycles. The van der Waals surface area contributed by atoms with Gasteiger partial charge in [-0.05, 0) is 35.7 Å². The first-order chi connectivity index (χ1) is 12.1. The Morgan fingerprint density at radius 2 is 2.04 bits per heavy atom. The van der Waals surface area contributed by atoms with Crippen LogP contribution < -0.4 is 5.56 Å². The van der Waals surface area contributed by atoms with Crippen molar-refractivity contribution in [2.24, 2.45) is 0 Å². The predicted molar refractivity (Wildman–Crippen MR) is 102 cm³/mol. The molecule has 0 radical (unpaired) electrons. The third-order valence-corrected chi connectivity index (χ3v) is 5.37. The van der Waals surface area contributed by atoms with E-state index in [-0.39, 0.29) is 5.56 Å². The van der Waals surface area contributed by atoms with Crippen LogP contribution in [0.4, 0.5) is 0 Å². The van der Waals surface area contributed by atoms with Crippen molar-refractivity contribution in [3.63, 3.8) is 0 Å². The average Bonchev–Trinajstić information content (AvgIpc) is 2.63. The van der Waals surface area contributed by atoms with Gasteiger partial charge in [-0.15, -0.1) is 0 Å². The zero-order chi connectivity index (χ0) is 17.6. The summed E-state index contributed by atoms with van der Waals surface area (Å²) in [4.78, 5) is 20.4. The van der Waals surface area contributed by atoms with Gasteiger partial charge in [0.15, 0.2) is 0 Å². The van der Waals surface area contributed by atoms with Crippen molar-refractivity contribution in [3.05, 3.63) is 76.8 Å². The summed E-state index contributed by atoms with van der Waals surface area (Å²) < 4.78 is 3.67. The van der Waals surface area contributed by atoms with Gasteiger partial charge in [-0.3, -0.25) is 9.36 Å². The molecule has 0 atom stereocenters. The highest BCUT2D eigenvalue weighted by Gasteiger charge is 2.29. The predicted octanol–water partition coefficient (Wildman–Crippen LogP) is 3.00. The number of nitrogens with zero attached hydrogens (tertiary/aromatic N) is 4. The molecule has 25 heavy (non-hydrogen) atoms. The number of aromatic nitrogens is 2. The lowest BCUT2D eigenvalue weighted by atomic mass is 10.1. The summed E-state index contributed by atoms with van der Waals surface area (Å²) in [7, 11) is 4.01. The molecule has 0 amide bonds. The number of hydrogen-bond acceptors (Lipinski definition) is 5. The van der Waals surface area contributed by atoms with Crippen molar-refractivity contribution in [2.75, 3.05) is 20.6 Å². The largest absolute Gasteiger partial charge is 0.377 e. The van der Waals surface area contributed by atoms with Crippen LogP contribution in [0.15, 0.2) is 64.8 Å². The first kappa shape index (κ1) is 15.8. The van der Waals surface area contributed by atoms with Gasteiger partial charge >= 0.3 is 0 Å². The van der Waals surface area contributed by atoms with E-state index < -0.39 is 0 Å². The Morgan fingerprint density at radius 3 is 2.72 bits per heavy atom. The van der Waals surface area contributed by atoms with Gasteiger partial charge in [0.1, 0.15) is 11.2 Å². The number of benzene rings is 1. The minimum Gasteiger partial charge on any atom is -0.377 e. The standard InChI is InChI=1S/C19H18N4OS/c1-4-13-5-7-14(8-6-13)23-12-20-17-15-11-22(25-18(17)19(23)24)10-9-16(15)21(2)3/h4-10,12H,1,11H2,2-3H3. The smallest absolute Gasteiger partial charge is 0.274 e. The molecular weight excluding hydrogens is 332 g/mol. The Labute approximate surface area is 150 Å². The van der Waals surface area contributed by atoms with E-state index in [1.54, 1.807) is 17.0 Å². The Bertz CT molecular complexity index is 970. The highest BCUT2D eigenvalue weighted by molar-refractivity contribution is 7.97. The summed E-state index contributed by atoms with van der Waals surface area (Å²) in [5, 5.41) is 0. The summed E-state index contributed by atoms with van der Waals surface area (Å²) >= 11 is 1.45. The summed E-state index contributed by atoms with van der Waals surface area (Å²) in [5.74, 6) is 0. The fourth-order valence-electron chi connectivity index (χ4n) is 3.03. The van der Waals surface area contributed by atoms with Crippen molar-refractivity contribution in [1.29, 1.82) is 0 Å². The van der Waals surface area contributed by atoms with Crippen molar-refractivity contribution < 1.29 is 0 Å². The van der Waals surface area contributed by atoms with E-state index in [1.165, 1.54) is 11.9 Å². The number of likely N-dealkylation sites (N-methyl/N-ethyl adjacent to an activating group) is 1. The molecule has 0 unspecified atom stereocenters. The first-order valence-corrected chi connectivity index (χ1v) is 8.74. The molecule has 4 rings (SSSR count). The molecule has 2 aliphatic rings. The summed E-state index contributed by atoms with van der Waals surface area (Å²) in [6.45, 7) is 4.51. The van der Waals surface area contributed by atoms with E-state index in [0.717, 1.165) is 34.8 Å². The molecule has 1 aromatic carbocycles. The van der Waals surface area contributed by atoms with Gasteiger partial charge in [0.25, 0.3) is 5.56 Å². The molecule has 0 spiro atoms. The maximum absolute atomic E-state index is 13.1. The molecule has 6 heteroatoms. The highest BCUT2D eigenvalue weighted by atomic mass is 32.2. The second-order valence-electron chi connectivity index (χ2n) is 6.13. The van der Waals surface area contributed by atoms with Crippen LogP contribution in [0.1, 0.15) is 11.3 Å². The van der Waals surface area contributed by atoms with Crippen LogP contribution in [0.3, 0.4) is 0 Å². The van der Waals surface area contributed by atoms with Crippen LogP contribution in [0, 0.1) is 0 Å². The maximum atomic E-state index is 13.1. The van der Waals surface area contributed by atoms with Gasteiger partial charge in [-0.2, -0.15) is 0 Å². The van der Waals surface area contributed by atoms with Crippen LogP contribution in [-0.4, -0.2) is 39.4 Å². The van der Waals surface area contributed by atoms with E-state index in [1.807, 2.05) is 44.6 Å².